The highest BCUT2D eigenvalue weighted by Gasteiger charge is 2.20. The van der Waals surface area contributed by atoms with Crippen LogP contribution in [0.15, 0.2) is 24.3 Å². The van der Waals surface area contributed by atoms with Crippen LogP contribution in [0, 0.1) is 13.8 Å². The number of hydrogen-bond donors (Lipinski definition) is 1. The Hall–Kier alpha value is -2.36. The van der Waals surface area contributed by atoms with Crippen LogP contribution >= 0.6 is 0 Å². The molecule has 2 heterocycles. The van der Waals surface area contributed by atoms with Gasteiger partial charge >= 0.3 is 0 Å². The van der Waals surface area contributed by atoms with Crippen molar-refractivity contribution < 1.29 is 4.74 Å². The summed E-state index contributed by atoms with van der Waals surface area (Å²) in [7, 11) is 1.69. The van der Waals surface area contributed by atoms with Crippen molar-refractivity contribution in [2.45, 2.75) is 33.6 Å². The van der Waals surface area contributed by atoms with Crippen LogP contribution in [0.3, 0.4) is 0 Å². The molecule has 0 bridgehead atoms. The summed E-state index contributed by atoms with van der Waals surface area (Å²) < 4.78 is 5.52. The summed E-state index contributed by atoms with van der Waals surface area (Å²) in [5.41, 5.74) is 7.31. The van der Waals surface area contributed by atoms with E-state index in [1.165, 1.54) is 11.1 Å². The van der Waals surface area contributed by atoms with Crippen LogP contribution in [0.1, 0.15) is 36.6 Å². The van der Waals surface area contributed by atoms with Crippen LogP contribution in [0.4, 0.5) is 0 Å². The summed E-state index contributed by atoms with van der Waals surface area (Å²) in [4.78, 5) is 4.88. The Morgan fingerprint density at radius 2 is 1.82 bits per heavy atom. The Bertz CT molecular complexity index is 834. The van der Waals surface area contributed by atoms with Gasteiger partial charge in [0.25, 0.3) is 0 Å². The third kappa shape index (κ3) is 2.15. The Kier molecular flexibility index (Phi) is 3.61. The van der Waals surface area contributed by atoms with Crippen LogP contribution in [0.5, 0.6) is 5.75 Å². The number of rotatable bonds is 3. The lowest BCUT2D eigenvalue weighted by Gasteiger charge is -2.16. The number of fused-ring (bicyclic) bond motifs is 1. The number of benzene rings is 1. The van der Waals surface area contributed by atoms with E-state index >= 15 is 0 Å². The number of pyridine rings is 1. The first kappa shape index (κ1) is 14.6. The maximum Gasteiger partial charge on any atom is 0.128 e. The molecule has 0 atom stereocenters. The number of nitrogens with one attached hydrogen (secondary N) is 1. The molecular formula is C18H21N3O. The summed E-state index contributed by atoms with van der Waals surface area (Å²) in [6.07, 6.45) is 0. The second kappa shape index (κ2) is 5.44. The average molecular weight is 295 g/mol. The van der Waals surface area contributed by atoms with Gasteiger partial charge in [-0.25, -0.2) is 4.98 Å². The molecule has 0 fully saturated rings. The molecule has 1 aromatic carbocycles. The van der Waals surface area contributed by atoms with E-state index in [1.807, 2.05) is 25.1 Å². The first-order valence-electron chi connectivity index (χ1n) is 7.53. The molecule has 1 N–H and O–H groups in total. The van der Waals surface area contributed by atoms with Gasteiger partial charge in [0.05, 0.1) is 18.5 Å². The number of aromatic nitrogens is 3. The zero-order valence-electron chi connectivity index (χ0n) is 13.7. The zero-order chi connectivity index (χ0) is 15.9. The lowest BCUT2D eigenvalue weighted by atomic mass is 9.93. The summed E-state index contributed by atoms with van der Waals surface area (Å²) >= 11 is 0. The van der Waals surface area contributed by atoms with E-state index in [0.29, 0.717) is 5.92 Å². The SMILES string of the molecule is COc1ccccc1-c1nc2c(C)[nH]nc2c(C(C)C)c1C. The van der Waals surface area contributed by atoms with Crippen molar-refractivity contribution in [1.82, 2.24) is 15.2 Å². The molecule has 0 radical (unpaired) electrons. The second-order valence-electron chi connectivity index (χ2n) is 5.90. The van der Waals surface area contributed by atoms with Gasteiger partial charge in [-0.3, -0.25) is 5.10 Å². The van der Waals surface area contributed by atoms with E-state index in [0.717, 1.165) is 33.7 Å². The molecule has 0 aliphatic rings. The van der Waals surface area contributed by atoms with Crippen molar-refractivity contribution in [2.75, 3.05) is 7.11 Å². The van der Waals surface area contributed by atoms with Crippen molar-refractivity contribution in [3.8, 4) is 17.0 Å². The number of para-hydroxylation sites is 1. The summed E-state index contributed by atoms with van der Waals surface area (Å²) in [5, 5.41) is 7.52. The Balaban J connectivity index is 2.39. The van der Waals surface area contributed by atoms with Gasteiger partial charge in [-0.15, -0.1) is 0 Å². The molecule has 0 aliphatic carbocycles. The predicted octanol–water partition coefficient (Wildman–Crippen LogP) is 4.37. The molecule has 0 saturated heterocycles. The Labute approximate surface area is 130 Å². The number of hydrogen-bond acceptors (Lipinski definition) is 3. The number of aryl methyl sites for hydroxylation is 1. The monoisotopic (exact) mass is 295 g/mol. The third-order valence-corrected chi connectivity index (χ3v) is 4.09. The summed E-state index contributed by atoms with van der Waals surface area (Å²) in [5.74, 6) is 1.22. The maximum absolute atomic E-state index is 5.52. The van der Waals surface area contributed by atoms with Gasteiger partial charge in [0.1, 0.15) is 16.8 Å². The molecule has 114 valence electrons. The predicted molar refractivity (Wildman–Crippen MR) is 89.4 cm³/mol. The molecule has 0 amide bonds. The minimum atomic E-state index is 0.377. The van der Waals surface area contributed by atoms with Gasteiger partial charge in [-0.1, -0.05) is 26.0 Å². The molecule has 0 spiro atoms. The minimum absolute atomic E-state index is 0.377. The zero-order valence-corrected chi connectivity index (χ0v) is 13.7. The highest BCUT2D eigenvalue weighted by Crippen LogP contribution is 2.37. The molecule has 0 saturated carbocycles. The van der Waals surface area contributed by atoms with Gasteiger partial charge in [0.15, 0.2) is 0 Å². The van der Waals surface area contributed by atoms with Gasteiger partial charge in [-0.2, -0.15) is 5.10 Å². The molecule has 2 aromatic heterocycles. The van der Waals surface area contributed by atoms with E-state index < -0.39 is 0 Å². The first-order chi connectivity index (χ1) is 10.5. The minimum Gasteiger partial charge on any atom is -0.496 e. The van der Waals surface area contributed by atoms with Crippen LogP contribution in [0.2, 0.25) is 0 Å². The maximum atomic E-state index is 5.52. The normalized spacial score (nSPS) is 11.4. The topological polar surface area (TPSA) is 50.8 Å². The van der Waals surface area contributed by atoms with Crippen molar-refractivity contribution in [3.63, 3.8) is 0 Å². The number of ether oxygens (including phenoxy) is 1. The fourth-order valence-corrected chi connectivity index (χ4v) is 3.06. The van der Waals surface area contributed by atoms with Crippen molar-refractivity contribution in [1.29, 1.82) is 0 Å². The smallest absolute Gasteiger partial charge is 0.128 e. The Morgan fingerprint density at radius 1 is 1.09 bits per heavy atom. The number of methoxy groups -OCH3 is 1. The van der Waals surface area contributed by atoms with Crippen LogP contribution in [-0.4, -0.2) is 22.3 Å². The lowest BCUT2D eigenvalue weighted by Crippen LogP contribution is -2.01. The van der Waals surface area contributed by atoms with E-state index in [2.05, 4.69) is 37.0 Å². The van der Waals surface area contributed by atoms with Gasteiger partial charge in [0.2, 0.25) is 0 Å². The van der Waals surface area contributed by atoms with E-state index in [9.17, 15) is 0 Å². The average Bonchev–Trinajstić information content (AvgIpc) is 2.87. The van der Waals surface area contributed by atoms with Crippen LogP contribution in [-0.2, 0) is 0 Å². The summed E-state index contributed by atoms with van der Waals surface area (Å²) in [6, 6.07) is 8.01. The fourth-order valence-electron chi connectivity index (χ4n) is 3.06. The molecule has 3 rings (SSSR count). The standard InChI is InChI=1S/C18H21N3O/c1-10(2)15-11(3)16(13-8-6-7-9-14(13)22-5)19-17-12(4)20-21-18(15)17/h6-10H,1-5H3,(H,20,21). The first-order valence-corrected chi connectivity index (χ1v) is 7.53. The van der Waals surface area contributed by atoms with Gasteiger partial charge < -0.3 is 4.74 Å². The lowest BCUT2D eigenvalue weighted by molar-refractivity contribution is 0.416. The van der Waals surface area contributed by atoms with E-state index in [4.69, 9.17) is 9.72 Å². The quantitative estimate of drug-likeness (QED) is 0.780. The van der Waals surface area contributed by atoms with Crippen LogP contribution in [0.25, 0.3) is 22.3 Å². The number of aromatic amines is 1. The van der Waals surface area contributed by atoms with E-state index in [1.54, 1.807) is 7.11 Å². The second-order valence-corrected chi connectivity index (χ2v) is 5.90. The van der Waals surface area contributed by atoms with E-state index in [-0.39, 0.29) is 0 Å². The van der Waals surface area contributed by atoms with Crippen LogP contribution < -0.4 is 4.74 Å². The largest absolute Gasteiger partial charge is 0.496 e. The molecule has 4 nitrogen and oxygen atoms in total. The number of nitrogens with zero attached hydrogens (tertiary/aromatic N) is 2. The van der Waals surface area contributed by atoms with Crippen molar-refractivity contribution in [2.24, 2.45) is 0 Å². The molecule has 3 aromatic rings. The molecule has 0 aliphatic heterocycles. The van der Waals surface area contributed by atoms with Gasteiger partial charge in [-0.05, 0) is 43.0 Å². The van der Waals surface area contributed by atoms with Crippen molar-refractivity contribution in [3.05, 3.63) is 41.1 Å². The molecule has 0 unspecified atom stereocenters. The molecular weight excluding hydrogens is 274 g/mol. The molecule has 4 heteroatoms. The number of H-pyrrole nitrogens is 1. The summed E-state index contributed by atoms with van der Waals surface area (Å²) in [6.45, 7) is 8.51. The Morgan fingerprint density at radius 3 is 2.50 bits per heavy atom. The molecule has 22 heavy (non-hydrogen) atoms. The highest BCUT2D eigenvalue weighted by atomic mass is 16.5. The third-order valence-electron chi connectivity index (χ3n) is 4.09. The van der Waals surface area contributed by atoms with Crippen molar-refractivity contribution >= 4 is 11.0 Å². The highest BCUT2D eigenvalue weighted by molar-refractivity contribution is 5.87. The van der Waals surface area contributed by atoms with Gasteiger partial charge in [0, 0.05) is 5.56 Å². The fraction of sp³-hybridized carbons (Fsp3) is 0.333.